The number of carbonyl (C=O) groups is 1. The average Bonchev–Trinajstić information content (AvgIpc) is 3.61. The highest BCUT2D eigenvalue weighted by molar-refractivity contribution is 7.19. The third-order valence-electron chi connectivity index (χ3n) is 6.77. The fourth-order valence-corrected chi connectivity index (χ4v) is 5.59. The van der Waals surface area contributed by atoms with Crippen LogP contribution in [0.15, 0.2) is 32.3 Å². The Morgan fingerprint density at radius 3 is 2.63 bits per heavy atom. The summed E-state index contributed by atoms with van der Waals surface area (Å²) in [6, 6.07) is 5.58. The Kier molecular flexibility index (Phi) is 7.16. The number of aromatic nitrogens is 5. The maximum absolute atomic E-state index is 13.1. The molecule has 202 valence electrons. The molecular weight excluding hydrogens is 534 g/mol. The second-order valence-electron chi connectivity index (χ2n) is 9.58. The largest absolute Gasteiger partial charge is 0.415 e. The topological polar surface area (TPSA) is 129 Å². The number of halogens is 1. The lowest BCUT2D eigenvalue weighted by Crippen LogP contribution is -2.47. The van der Waals surface area contributed by atoms with Gasteiger partial charge >= 0.3 is 17.8 Å². The summed E-state index contributed by atoms with van der Waals surface area (Å²) in [6.07, 6.45) is 0.917. The van der Waals surface area contributed by atoms with Crippen LogP contribution >= 0.6 is 22.9 Å². The number of likely N-dealkylation sites (tertiary alicyclic amines) is 1. The average molecular weight is 562 g/mol. The van der Waals surface area contributed by atoms with E-state index in [1.807, 2.05) is 6.07 Å². The molecule has 14 heteroatoms. The molecule has 12 nitrogen and oxygen atoms in total. The first-order valence-corrected chi connectivity index (χ1v) is 13.4. The highest BCUT2D eigenvalue weighted by atomic mass is 35.5. The number of fused-ring (bicyclic) bond motifs is 1. The molecule has 0 atom stereocenters. The second-order valence-corrected chi connectivity index (χ2v) is 11.3. The van der Waals surface area contributed by atoms with Gasteiger partial charge in [-0.1, -0.05) is 16.8 Å². The van der Waals surface area contributed by atoms with Gasteiger partial charge in [0.15, 0.2) is 16.9 Å². The third kappa shape index (κ3) is 5.00. The van der Waals surface area contributed by atoms with Gasteiger partial charge in [-0.05, 0) is 38.8 Å². The number of hydrogen-bond acceptors (Lipinski definition) is 9. The summed E-state index contributed by atoms with van der Waals surface area (Å²) in [5, 5.41) is 7.02. The molecule has 0 aromatic carbocycles. The molecule has 1 amide bonds. The summed E-state index contributed by atoms with van der Waals surface area (Å²) in [5.41, 5.74) is -0.448. The normalized spacial score (nSPS) is 15.0. The molecule has 5 rings (SSSR count). The van der Waals surface area contributed by atoms with Crippen molar-refractivity contribution in [1.82, 2.24) is 34.1 Å². The molecule has 1 saturated heterocycles. The van der Waals surface area contributed by atoms with Gasteiger partial charge in [0.25, 0.3) is 5.56 Å². The first-order chi connectivity index (χ1) is 18.1. The fraction of sp³-hybridized carbons (Fsp3) is 0.458. The van der Waals surface area contributed by atoms with E-state index in [1.54, 1.807) is 12.1 Å². The minimum Gasteiger partial charge on any atom is -0.375 e. The van der Waals surface area contributed by atoms with Crippen LogP contribution in [0.4, 0.5) is 4.79 Å². The highest BCUT2D eigenvalue weighted by Crippen LogP contribution is 2.32. The Balaban J connectivity index is 1.45. The van der Waals surface area contributed by atoms with Crippen molar-refractivity contribution in [2.24, 2.45) is 14.1 Å². The van der Waals surface area contributed by atoms with E-state index in [2.05, 4.69) is 34.2 Å². The molecule has 0 spiro atoms. The first kappa shape index (κ1) is 26.2. The van der Waals surface area contributed by atoms with Gasteiger partial charge in [0.1, 0.15) is 5.69 Å². The van der Waals surface area contributed by atoms with Gasteiger partial charge in [0.2, 0.25) is 0 Å². The number of carbonyl (C=O) groups excluding carboxylic acids is 1. The van der Waals surface area contributed by atoms with Gasteiger partial charge in [-0.15, -0.1) is 11.3 Å². The van der Waals surface area contributed by atoms with Crippen molar-refractivity contribution in [3.63, 3.8) is 0 Å². The van der Waals surface area contributed by atoms with Crippen molar-refractivity contribution >= 4 is 40.2 Å². The van der Waals surface area contributed by atoms with Crippen molar-refractivity contribution in [3.8, 4) is 16.6 Å². The number of piperidine rings is 1. The summed E-state index contributed by atoms with van der Waals surface area (Å²) in [7, 11) is 2.88. The SMILES string of the molecule is CC(C)N1CCC(NC(=O)Oc2nc3c(c(=O)n(C)c(=O)n3C)n2Cc2cc(-c3ccc(Cl)s3)on2)CC1. The van der Waals surface area contributed by atoms with E-state index < -0.39 is 17.3 Å². The Morgan fingerprint density at radius 1 is 1.24 bits per heavy atom. The monoisotopic (exact) mass is 561 g/mol. The van der Waals surface area contributed by atoms with Crippen LogP contribution < -0.4 is 21.3 Å². The van der Waals surface area contributed by atoms with E-state index in [0.29, 0.717) is 21.8 Å². The van der Waals surface area contributed by atoms with Crippen molar-refractivity contribution in [1.29, 1.82) is 0 Å². The standard InChI is InChI=1S/C24H28ClN7O5S/c1-13(2)31-9-7-14(8-10-31)26-23(34)36-22-27-20-19(21(33)30(4)24(35)29(20)3)32(22)12-15-11-16(37-28-15)17-5-6-18(25)38-17/h5-6,11,13-14H,7-10,12H2,1-4H3,(H,26,34). The lowest BCUT2D eigenvalue weighted by Gasteiger charge is -2.34. The number of nitrogens with zero attached hydrogens (tertiary/aromatic N) is 6. The number of aryl methyl sites for hydroxylation is 1. The quantitative estimate of drug-likeness (QED) is 0.380. The molecule has 1 fully saturated rings. The van der Waals surface area contributed by atoms with E-state index >= 15 is 0 Å². The zero-order chi connectivity index (χ0) is 27.1. The lowest BCUT2D eigenvalue weighted by atomic mass is 10.0. The fourth-order valence-electron chi connectivity index (χ4n) is 4.60. The Bertz CT molecular complexity index is 1610. The van der Waals surface area contributed by atoms with E-state index in [4.69, 9.17) is 20.9 Å². The minimum absolute atomic E-state index is 0.0158. The molecule has 38 heavy (non-hydrogen) atoms. The summed E-state index contributed by atoms with van der Waals surface area (Å²) in [4.78, 5) is 46.0. The van der Waals surface area contributed by atoms with Crippen LogP contribution in [0, 0.1) is 0 Å². The molecule has 1 aliphatic heterocycles. The summed E-state index contributed by atoms with van der Waals surface area (Å²) in [5.74, 6) is 0.509. The number of rotatable bonds is 6. The first-order valence-electron chi connectivity index (χ1n) is 12.2. The van der Waals surface area contributed by atoms with Gasteiger partial charge in [-0.2, -0.15) is 4.98 Å². The molecule has 4 aromatic rings. The maximum Gasteiger partial charge on any atom is 0.415 e. The minimum atomic E-state index is -0.680. The number of amides is 1. The maximum atomic E-state index is 13.1. The van der Waals surface area contributed by atoms with Gasteiger partial charge in [0, 0.05) is 45.3 Å². The molecule has 1 N–H and O–H groups in total. The van der Waals surface area contributed by atoms with Crippen LogP contribution in [0.5, 0.6) is 6.01 Å². The van der Waals surface area contributed by atoms with Crippen molar-refractivity contribution < 1.29 is 14.1 Å². The van der Waals surface area contributed by atoms with E-state index in [0.717, 1.165) is 35.4 Å². The van der Waals surface area contributed by atoms with Crippen LogP contribution in [0.3, 0.4) is 0 Å². The Morgan fingerprint density at radius 2 is 1.97 bits per heavy atom. The predicted octanol–water partition coefficient (Wildman–Crippen LogP) is 2.81. The zero-order valence-electron chi connectivity index (χ0n) is 21.4. The molecule has 0 aliphatic carbocycles. The predicted molar refractivity (Wildman–Crippen MR) is 143 cm³/mol. The number of imidazole rings is 1. The van der Waals surface area contributed by atoms with E-state index in [1.165, 1.54) is 34.6 Å². The lowest BCUT2D eigenvalue weighted by molar-refractivity contribution is 0.150. The van der Waals surface area contributed by atoms with Crippen LogP contribution in [0.25, 0.3) is 21.8 Å². The van der Waals surface area contributed by atoms with E-state index in [9.17, 15) is 14.4 Å². The van der Waals surface area contributed by atoms with Gasteiger partial charge < -0.3 is 19.5 Å². The Labute approximate surface area is 226 Å². The third-order valence-corrected chi connectivity index (χ3v) is 8.02. The Hall–Kier alpha value is -3.42. The molecule has 0 bridgehead atoms. The number of thiophene rings is 1. The summed E-state index contributed by atoms with van der Waals surface area (Å²) < 4.78 is 15.3. The van der Waals surface area contributed by atoms with Crippen molar-refractivity contribution in [2.45, 2.75) is 45.3 Å². The van der Waals surface area contributed by atoms with Crippen molar-refractivity contribution in [2.75, 3.05) is 13.1 Å². The van der Waals surface area contributed by atoms with Crippen molar-refractivity contribution in [3.05, 3.63) is 49.1 Å². The van der Waals surface area contributed by atoms with Crippen LogP contribution in [0.2, 0.25) is 4.34 Å². The number of nitrogens with one attached hydrogen (secondary N) is 1. The van der Waals surface area contributed by atoms with Gasteiger partial charge in [-0.3, -0.25) is 18.5 Å². The summed E-state index contributed by atoms with van der Waals surface area (Å²) in [6.45, 7) is 6.07. The van der Waals surface area contributed by atoms with Crippen LogP contribution in [0.1, 0.15) is 32.4 Å². The molecule has 0 saturated carbocycles. The molecule has 0 radical (unpaired) electrons. The molecular formula is C24H28ClN7O5S. The summed E-state index contributed by atoms with van der Waals surface area (Å²) >= 11 is 7.38. The highest BCUT2D eigenvalue weighted by Gasteiger charge is 2.26. The second kappa shape index (κ2) is 10.4. The molecule has 5 heterocycles. The van der Waals surface area contributed by atoms with E-state index in [-0.39, 0.29) is 29.8 Å². The number of hydrogen-bond donors (Lipinski definition) is 1. The van der Waals surface area contributed by atoms with Gasteiger partial charge in [-0.25, -0.2) is 9.59 Å². The zero-order valence-corrected chi connectivity index (χ0v) is 23.0. The molecule has 4 aromatic heterocycles. The van der Waals surface area contributed by atoms with Crippen LogP contribution in [-0.4, -0.2) is 60.0 Å². The number of ether oxygens (including phenoxy) is 1. The smallest absolute Gasteiger partial charge is 0.375 e. The van der Waals surface area contributed by atoms with Crippen LogP contribution in [-0.2, 0) is 20.6 Å². The molecule has 0 unspecified atom stereocenters. The van der Waals surface area contributed by atoms with Gasteiger partial charge in [0.05, 0.1) is 15.8 Å². The molecule has 1 aliphatic rings.